The molecule has 2 aromatic rings. The zero-order valence-electron chi connectivity index (χ0n) is 11.1. The third-order valence-electron chi connectivity index (χ3n) is 3.59. The van der Waals surface area contributed by atoms with Crippen molar-refractivity contribution < 1.29 is 0 Å². The molecular weight excluding hydrogens is 242 g/mol. The van der Waals surface area contributed by atoms with Gasteiger partial charge in [-0.15, -0.1) is 0 Å². The maximum absolute atomic E-state index is 12.2. The largest absolute Gasteiger partial charge is 0.361 e. The molecule has 0 bridgehead atoms. The first-order chi connectivity index (χ1) is 9.16. The van der Waals surface area contributed by atoms with Crippen LogP contribution in [0.5, 0.6) is 0 Å². The van der Waals surface area contributed by atoms with Gasteiger partial charge >= 0.3 is 0 Å². The lowest BCUT2D eigenvalue weighted by molar-refractivity contribution is 0.699. The highest BCUT2D eigenvalue weighted by Gasteiger charge is 2.25. The fraction of sp³-hybridized carbons (Fsp3) is 0.462. The smallest absolute Gasteiger partial charge is 0.293 e. The van der Waals surface area contributed by atoms with Crippen LogP contribution in [0.4, 0.5) is 5.82 Å². The number of nitrogens with one attached hydrogen (secondary N) is 1. The van der Waals surface area contributed by atoms with Gasteiger partial charge in [0.25, 0.3) is 5.56 Å². The molecule has 100 valence electrons. The van der Waals surface area contributed by atoms with Gasteiger partial charge in [-0.2, -0.15) is 5.10 Å². The number of anilines is 1. The topological polar surface area (TPSA) is 64.7 Å². The molecule has 19 heavy (non-hydrogen) atoms. The van der Waals surface area contributed by atoms with E-state index in [1.807, 2.05) is 24.9 Å². The van der Waals surface area contributed by atoms with Crippen LogP contribution in [0.3, 0.4) is 0 Å². The Bertz CT molecular complexity index is 653. The second kappa shape index (κ2) is 4.53. The average molecular weight is 259 g/mol. The second-order valence-corrected chi connectivity index (χ2v) is 4.95. The SMILES string of the molecule is Cc1c(CNc2nccn(C3CC3)c2=O)cnn1C. The van der Waals surface area contributed by atoms with Gasteiger partial charge in [-0.05, 0) is 19.8 Å². The van der Waals surface area contributed by atoms with E-state index in [-0.39, 0.29) is 5.56 Å². The van der Waals surface area contributed by atoms with Gasteiger partial charge < -0.3 is 9.88 Å². The predicted octanol–water partition coefficient (Wildman–Crippen LogP) is 1.23. The standard InChI is InChI=1S/C13H17N5O/c1-9-10(8-16-17(9)2)7-15-12-13(19)18(6-5-14-12)11-3-4-11/h5-6,8,11H,3-4,7H2,1-2H3,(H,14,15). The van der Waals surface area contributed by atoms with E-state index in [0.717, 1.165) is 24.1 Å². The summed E-state index contributed by atoms with van der Waals surface area (Å²) in [7, 11) is 1.90. The van der Waals surface area contributed by atoms with Crippen molar-refractivity contribution in [3.05, 3.63) is 40.2 Å². The Kier molecular flexibility index (Phi) is 2.85. The Hall–Kier alpha value is -2.11. The molecule has 2 heterocycles. The van der Waals surface area contributed by atoms with Crippen LogP contribution in [0.2, 0.25) is 0 Å². The van der Waals surface area contributed by atoms with Crippen molar-refractivity contribution in [1.29, 1.82) is 0 Å². The number of aromatic nitrogens is 4. The Labute approximate surface area is 111 Å². The summed E-state index contributed by atoms with van der Waals surface area (Å²) in [6.07, 6.45) is 7.43. The lowest BCUT2D eigenvalue weighted by atomic mass is 10.2. The molecule has 0 aromatic carbocycles. The molecule has 1 N–H and O–H groups in total. The lowest BCUT2D eigenvalue weighted by Crippen LogP contribution is -2.23. The second-order valence-electron chi connectivity index (χ2n) is 4.95. The summed E-state index contributed by atoms with van der Waals surface area (Å²) in [5, 5.41) is 7.29. The fourth-order valence-corrected chi connectivity index (χ4v) is 2.08. The Morgan fingerprint density at radius 3 is 2.89 bits per heavy atom. The molecule has 6 nitrogen and oxygen atoms in total. The van der Waals surface area contributed by atoms with Gasteiger partial charge in [0.2, 0.25) is 0 Å². The van der Waals surface area contributed by atoms with E-state index in [1.165, 1.54) is 0 Å². The molecule has 6 heteroatoms. The van der Waals surface area contributed by atoms with E-state index in [2.05, 4.69) is 15.4 Å². The van der Waals surface area contributed by atoms with Crippen LogP contribution in [0, 0.1) is 6.92 Å². The van der Waals surface area contributed by atoms with E-state index in [9.17, 15) is 4.79 Å². The van der Waals surface area contributed by atoms with Crippen molar-refractivity contribution in [3.8, 4) is 0 Å². The summed E-state index contributed by atoms with van der Waals surface area (Å²) >= 11 is 0. The quantitative estimate of drug-likeness (QED) is 0.897. The predicted molar refractivity (Wildman–Crippen MR) is 72.0 cm³/mol. The van der Waals surface area contributed by atoms with Crippen molar-refractivity contribution >= 4 is 5.82 Å². The Morgan fingerprint density at radius 2 is 2.26 bits per heavy atom. The van der Waals surface area contributed by atoms with E-state index >= 15 is 0 Å². The van der Waals surface area contributed by atoms with Crippen LogP contribution >= 0.6 is 0 Å². The van der Waals surface area contributed by atoms with Crippen LogP contribution < -0.4 is 10.9 Å². The molecule has 0 amide bonds. The van der Waals surface area contributed by atoms with Crippen LogP contribution in [-0.4, -0.2) is 19.3 Å². The highest BCUT2D eigenvalue weighted by molar-refractivity contribution is 5.33. The first-order valence-electron chi connectivity index (χ1n) is 6.45. The number of hydrogen-bond donors (Lipinski definition) is 1. The van der Waals surface area contributed by atoms with E-state index in [1.54, 1.807) is 17.0 Å². The molecule has 1 fully saturated rings. The molecular formula is C13H17N5O. The Morgan fingerprint density at radius 1 is 1.47 bits per heavy atom. The number of rotatable bonds is 4. The number of hydrogen-bond acceptors (Lipinski definition) is 4. The third kappa shape index (κ3) is 2.25. The third-order valence-corrected chi connectivity index (χ3v) is 3.59. The van der Waals surface area contributed by atoms with Crippen LogP contribution in [0.15, 0.2) is 23.4 Å². The Balaban J connectivity index is 1.78. The van der Waals surface area contributed by atoms with Gasteiger partial charge in [-0.1, -0.05) is 0 Å². The van der Waals surface area contributed by atoms with E-state index < -0.39 is 0 Å². The van der Waals surface area contributed by atoms with Crippen LogP contribution in [0.25, 0.3) is 0 Å². The maximum Gasteiger partial charge on any atom is 0.293 e. The first-order valence-corrected chi connectivity index (χ1v) is 6.45. The summed E-state index contributed by atoms with van der Waals surface area (Å²) in [5.74, 6) is 0.414. The van der Waals surface area contributed by atoms with Crippen molar-refractivity contribution in [3.63, 3.8) is 0 Å². The molecule has 0 radical (unpaired) electrons. The minimum atomic E-state index is -0.0356. The molecule has 0 saturated heterocycles. The summed E-state index contributed by atoms with van der Waals surface area (Å²) < 4.78 is 3.59. The van der Waals surface area contributed by atoms with Crippen LogP contribution in [-0.2, 0) is 13.6 Å². The van der Waals surface area contributed by atoms with Crippen molar-refractivity contribution in [2.75, 3.05) is 5.32 Å². The average Bonchev–Trinajstić information content (AvgIpc) is 3.19. The van der Waals surface area contributed by atoms with Gasteiger partial charge in [0, 0.05) is 43.3 Å². The monoisotopic (exact) mass is 259 g/mol. The molecule has 0 atom stereocenters. The summed E-state index contributed by atoms with van der Waals surface area (Å²) in [4.78, 5) is 16.3. The number of aryl methyl sites for hydroxylation is 1. The van der Waals surface area contributed by atoms with Gasteiger partial charge in [-0.3, -0.25) is 9.48 Å². The fourth-order valence-electron chi connectivity index (χ4n) is 2.08. The molecule has 2 aromatic heterocycles. The molecule has 0 unspecified atom stereocenters. The molecule has 1 saturated carbocycles. The molecule has 1 aliphatic carbocycles. The van der Waals surface area contributed by atoms with Gasteiger partial charge in [0.05, 0.1) is 6.20 Å². The van der Waals surface area contributed by atoms with Gasteiger partial charge in [0.15, 0.2) is 5.82 Å². The van der Waals surface area contributed by atoms with E-state index in [4.69, 9.17) is 0 Å². The zero-order valence-corrected chi connectivity index (χ0v) is 11.1. The zero-order chi connectivity index (χ0) is 13.4. The molecule has 1 aliphatic rings. The molecule has 0 spiro atoms. The van der Waals surface area contributed by atoms with Gasteiger partial charge in [0.1, 0.15) is 0 Å². The highest BCUT2D eigenvalue weighted by atomic mass is 16.1. The van der Waals surface area contributed by atoms with Crippen molar-refractivity contribution in [2.45, 2.75) is 32.4 Å². The van der Waals surface area contributed by atoms with Crippen molar-refractivity contribution in [2.24, 2.45) is 7.05 Å². The normalized spacial score (nSPS) is 14.6. The summed E-state index contributed by atoms with van der Waals surface area (Å²) in [6.45, 7) is 2.57. The minimum Gasteiger partial charge on any atom is -0.361 e. The molecule has 3 rings (SSSR count). The van der Waals surface area contributed by atoms with E-state index in [0.29, 0.717) is 18.4 Å². The first kappa shape index (κ1) is 12.0. The minimum absolute atomic E-state index is 0.0356. The molecule has 0 aliphatic heterocycles. The number of nitrogens with zero attached hydrogens (tertiary/aromatic N) is 4. The lowest BCUT2D eigenvalue weighted by Gasteiger charge is -2.07. The van der Waals surface area contributed by atoms with Gasteiger partial charge in [-0.25, -0.2) is 4.98 Å². The maximum atomic E-state index is 12.2. The summed E-state index contributed by atoms with van der Waals surface area (Å²) in [6, 6.07) is 0.371. The van der Waals surface area contributed by atoms with Crippen molar-refractivity contribution in [1.82, 2.24) is 19.3 Å². The summed E-state index contributed by atoms with van der Waals surface area (Å²) in [5.41, 5.74) is 2.13. The highest BCUT2D eigenvalue weighted by Crippen LogP contribution is 2.33. The van der Waals surface area contributed by atoms with Crippen LogP contribution in [0.1, 0.15) is 30.1 Å².